The van der Waals surface area contributed by atoms with Gasteiger partial charge in [0.1, 0.15) is 7.85 Å². The fourth-order valence-electron chi connectivity index (χ4n) is 2.19. The molecule has 1 aliphatic carbocycles. The standard InChI is InChI=1S/C10H21B/c1-3-10(11)9-6-4-8(2)5-7-9/h8-10H,3-7,11H2,1-2H3. The smallest absolute Gasteiger partial charge is 0.0672 e. The normalized spacial score (nSPS) is 35.1. The first-order chi connectivity index (χ1) is 5.24. The predicted molar refractivity (Wildman–Crippen MR) is 53.7 cm³/mol. The van der Waals surface area contributed by atoms with Crippen molar-refractivity contribution in [1.29, 1.82) is 0 Å². The first-order valence-electron chi connectivity index (χ1n) is 5.24. The Bertz CT molecular complexity index is 103. The van der Waals surface area contributed by atoms with Crippen molar-refractivity contribution in [3.05, 3.63) is 0 Å². The highest BCUT2D eigenvalue weighted by atomic mass is 14.2. The molecule has 1 unspecified atom stereocenters. The molecule has 0 radical (unpaired) electrons. The van der Waals surface area contributed by atoms with Crippen LogP contribution in [0.3, 0.4) is 0 Å². The zero-order valence-electron chi connectivity index (χ0n) is 8.27. The molecule has 1 rings (SSSR count). The predicted octanol–water partition coefficient (Wildman–Crippen LogP) is 2.64. The molecule has 1 atom stereocenters. The van der Waals surface area contributed by atoms with E-state index in [2.05, 4.69) is 21.7 Å². The SMILES string of the molecule is BC(CC)C1CCC(C)CC1. The van der Waals surface area contributed by atoms with E-state index in [1.807, 2.05) is 0 Å². The fourth-order valence-corrected chi connectivity index (χ4v) is 2.19. The third-order valence-electron chi connectivity index (χ3n) is 3.51. The Hall–Kier alpha value is 0.0649. The van der Waals surface area contributed by atoms with Crippen LogP contribution in [0.1, 0.15) is 46.0 Å². The van der Waals surface area contributed by atoms with Gasteiger partial charge in [0.05, 0.1) is 0 Å². The van der Waals surface area contributed by atoms with E-state index in [1.165, 1.54) is 32.1 Å². The Morgan fingerprint density at radius 2 is 1.82 bits per heavy atom. The molecular formula is C10H21B. The molecule has 1 heteroatoms. The van der Waals surface area contributed by atoms with Crippen molar-refractivity contribution >= 4 is 7.85 Å². The van der Waals surface area contributed by atoms with Gasteiger partial charge in [-0.3, -0.25) is 0 Å². The van der Waals surface area contributed by atoms with Crippen LogP contribution in [-0.4, -0.2) is 7.85 Å². The minimum absolute atomic E-state index is 0.975. The minimum atomic E-state index is 0.975. The van der Waals surface area contributed by atoms with Crippen molar-refractivity contribution in [2.75, 3.05) is 0 Å². The summed E-state index contributed by atoms with van der Waals surface area (Å²) < 4.78 is 0. The van der Waals surface area contributed by atoms with Crippen molar-refractivity contribution in [3.63, 3.8) is 0 Å². The maximum absolute atomic E-state index is 2.42. The van der Waals surface area contributed by atoms with E-state index in [0.717, 1.165) is 17.7 Å². The summed E-state index contributed by atoms with van der Waals surface area (Å²) in [6, 6.07) is 0. The van der Waals surface area contributed by atoms with Crippen LogP contribution >= 0.6 is 0 Å². The van der Waals surface area contributed by atoms with E-state index >= 15 is 0 Å². The summed E-state index contributed by atoms with van der Waals surface area (Å²) >= 11 is 0. The lowest BCUT2D eigenvalue weighted by molar-refractivity contribution is 0.276. The van der Waals surface area contributed by atoms with Crippen LogP contribution in [0, 0.1) is 11.8 Å². The average Bonchev–Trinajstić information content (AvgIpc) is 2.05. The van der Waals surface area contributed by atoms with E-state index < -0.39 is 0 Å². The maximum atomic E-state index is 2.42. The lowest BCUT2D eigenvalue weighted by Gasteiger charge is -2.30. The molecule has 0 saturated heterocycles. The lowest BCUT2D eigenvalue weighted by atomic mass is 9.67. The second-order valence-corrected chi connectivity index (χ2v) is 4.41. The monoisotopic (exact) mass is 152 g/mol. The molecule has 0 aromatic heterocycles. The summed E-state index contributed by atoms with van der Waals surface area (Å²) in [5.41, 5.74) is 0. The van der Waals surface area contributed by atoms with Gasteiger partial charge in [0.25, 0.3) is 0 Å². The van der Waals surface area contributed by atoms with Crippen LogP contribution < -0.4 is 0 Å². The third kappa shape index (κ3) is 2.54. The van der Waals surface area contributed by atoms with Crippen molar-refractivity contribution in [2.45, 2.75) is 51.8 Å². The molecule has 0 nitrogen and oxygen atoms in total. The van der Waals surface area contributed by atoms with Gasteiger partial charge in [-0.1, -0.05) is 51.8 Å². The topological polar surface area (TPSA) is 0 Å². The average molecular weight is 152 g/mol. The molecule has 0 aromatic carbocycles. The van der Waals surface area contributed by atoms with Crippen LogP contribution in [0.2, 0.25) is 5.82 Å². The Morgan fingerprint density at radius 3 is 2.27 bits per heavy atom. The highest BCUT2D eigenvalue weighted by Crippen LogP contribution is 2.35. The van der Waals surface area contributed by atoms with Gasteiger partial charge < -0.3 is 0 Å². The Labute approximate surface area is 72.2 Å². The molecule has 1 aliphatic rings. The van der Waals surface area contributed by atoms with Crippen molar-refractivity contribution < 1.29 is 0 Å². The van der Waals surface area contributed by atoms with E-state index in [9.17, 15) is 0 Å². The lowest BCUT2D eigenvalue weighted by Crippen LogP contribution is -2.16. The second-order valence-electron chi connectivity index (χ2n) is 4.41. The first-order valence-corrected chi connectivity index (χ1v) is 5.24. The zero-order valence-corrected chi connectivity index (χ0v) is 8.27. The Kier molecular flexibility index (Phi) is 3.48. The molecule has 64 valence electrons. The van der Waals surface area contributed by atoms with Gasteiger partial charge in [0.2, 0.25) is 0 Å². The Balaban J connectivity index is 2.27. The quantitative estimate of drug-likeness (QED) is 0.533. The van der Waals surface area contributed by atoms with Gasteiger partial charge >= 0.3 is 0 Å². The summed E-state index contributed by atoms with van der Waals surface area (Å²) in [5, 5.41) is 0. The van der Waals surface area contributed by atoms with Gasteiger partial charge in [-0.25, -0.2) is 0 Å². The summed E-state index contributed by atoms with van der Waals surface area (Å²) in [7, 11) is 2.42. The minimum Gasteiger partial charge on any atom is -0.0672 e. The van der Waals surface area contributed by atoms with Crippen LogP contribution in [0.15, 0.2) is 0 Å². The summed E-state index contributed by atoms with van der Waals surface area (Å²) in [6.45, 7) is 4.72. The van der Waals surface area contributed by atoms with E-state index in [-0.39, 0.29) is 0 Å². The molecule has 0 N–H and O–H groups in total. The second kappa shape index (κ2) is 4.18. The van der Waals surface area contributed by atoms with Crippen LogP contribution in [0.25, 0.3) is 0 Å². The molecule has 1 fully saturated rings. The van der Waals surface area contributed by atoms with Crippen molar-refractivity contribution in [1.82, 2.24) is 0 Å². The van der Waals surface area contributed by atoms with Gasteiger partial charge in [-0.05, 0) is 11.8 Å². The first kappa shape index (κ1) is 9.16. The molecule has 0 heterocycles. The number of hydrogen-bond donors (Lipinski definition) is 0. The van der Waals surface area contributed by atoms with Crippen molar-refractivity contribution in [3.8, 4) is 0 Å². The highest BCUT2D eigenvalue weighted by Gasteiger charge is 2.21. The maximum Gasteiger partial charge on any atom is 0.105 e. The largest absolute Gasteiger partial charge is 0.105 e. The highest BCUT2D eigenvalue weighted by molar-refractivity contribution is 6.11. The zero-order chi connectivity index (χ0) is 8.27. The van der Waals surface area contributed by atoms with E-state index in [0.29, 0.717) is 0 Å². The Morgan fingerprint density at radius 1 is 1.27 bits per heavy atom. The molecular weight excluding hydrogens is 131 g/mol. The van der Waals surface area contributed by atoms with Crippen LogP contribution in [0.4, 0.5) is 0 Å². The van der Waals surface area contributed by atoms with E-state index in [4.69, 9.17) is 0 Å². The number of hydrogen-bond acceptors (Lipinski definition) is 0. The van der Waals surface area contributed by atoms with Crippen LogP contribution in [-0.2, 0) is 0 Å². The molecule has 1 saturated carbocycles. The summed E-state index contributed by atoms with van der Waals surface area (Å²) in [6.07, 6.45) is 7.33. The van der Waals surface area contributed by atoms with Crippen molar-refractivity contribution in [2.24, 2.45) is 11.8 Å². The van der Waals surface area contributed by atoms with Gasteiger partial charge in [-0.2, -0.15) is 0 Å². The molecule has 0 spiro atoms. The molecule has 0 amide bonds. The molecule has 0 aliphatic heterocycles. The molecule has 11 heavy (non-hydrogen) atoms. The van der Waals surface area contributed by atoms with Gasteiger partial charge in [-0.15, -0.1) is 0 Å². The fraction of sp³-hybridized carbons (Fsp3) is 1.00. The number of rotatable bonds is 2. The molecule has 0 aromatic rings. The van der Waals surface area contributed by atoms with E-state index in [1.54, 1.807) is 0 Å². The summed E-state index contributed by atoms with van der Waals surface area (Å²) in [4.78, 5) is 0. The summed E-state index contributed by atoms with van der Waals surface area (Å²) in [5.74, 6) is 3.04. The van der Waals surface area contributed by atoms with Crippen LogP contribution in [0.5, 0.6) is 0 Å². The van der Waals surface area contributed by atoms with Gasteiger partial charge in [0, 0.05) is 0 Å². The molecule has 0 bridgehead atoms. The van der Waals surface area contributed by atoms with Gasteiger partial charge in [0.15, 0.2) is 0 Å². The third-order valence-corrected chi connectivity index (χ3v) is 3.51.